The van der Waals surface area contributed by atoms with Crippen molar-refractivity contribution in [2.24, 2.45) is 0 Å². The van der Waals surface area contributed by atoms with Gasteiger partial charge in [-0.3, -0.25) is 4.79 Å². The van der Waals surface area contributed by atoms with Gasteiger partial charge in [0.05, 0.1) is 32.5 Å². The third kappa shape index (κ3) is 4.74. The summed E-state index contributed by atoms with van der Waals surface area (Å²) in [5.41, 5.74) is 1.61. The van der Waals surface area contributed by atoms with Crippen LogP contribution in [0.3, 0.4) is 0 Å². The molecule has 2 aromatic carbocycles. The highest BCUT2D eigenvalue weighted by Crippen LogP contribution is 2.37. The van der Waals surface area contributed by atoms with Crippen molar-refractivity contribution in [1.82, 2.24) is 0 Å². The molecular weight excluding hydrogens is 368 g/mol. The first-order chi connectivity index (χ1) is 13.1. The minimum Gasteiger partial charge on any atom is -0.493 e. The van der Waals surface area contributed by atoms with Crippen molar-refractivity contribution in [3.8, 4) is 23.0 Å². The van der Waals surface area contributed by atoms with Crippen LogP contribution in [0.2, 0.25) is 0 Å². The van der Waals surface area contributed by atoms with E-state index >= 15 is 0 Å². The van der Waals surface area contributed by atoms with E-state index in [1.54, 1.807) is 43.5 Å². The zero-order valence-electron chi connectivity index (χ0n) is 15.9. The highest BCUT2D eigenvalue weighted by Gasteiger charge is 2.15. The van der Waals surface area contributed by atoms with Gasteiger partial charge in [0.15, 0.2) is 29.3 Å². The van der Waals surface area contributed by atoms with Crippen LogP contribution in [0.1, 0.15) is 25.0 Å². The number of rotatable bonds is 9. The predicted octanol–water partition coefficient (Wildman–Crippen LogP) is 4.81. The van der Waals surface area contributed by atoms with Crippen LogP contribution in [0.4, 0.5) is 0 Å². The van der Waals surface area contributed by atoms with Gasteiger partial charge in [-0.05, 0) is 55.3 Å². The van der Waals surface area contributed by atoms with Gasteiger partial charge in [-0.2, -0.15) is 0 Å². The van der Waals surface area contributed by atoms with Crippen LogP contribution in [0.25, 0.3) is 10.6 Å². The van der Waals surface area contributed by atoms with E-state index in [9.17, 15) is 4.79 Å². The fourth-order valence-electron chi connectivity index (χ4n) is 2.59. The van der Waals surface area contributed by atoms with Crippen LogP contribution in [-0.4, -0.2) is 33.7 Å². The van der Waals surface area contributed by atoms with Crippen molar-refractivity contribution in [1.29, 1.82) is 0 Å². The summed E-state index contributed by atoms with van der Waals surface area (Å²) in [5, 5.41) is 0.307. The molecule has 0 aliphatic carbocycles. The number of allylic oxidation sites excluding steroid dienone is 1. The Morgan fingerprint density at radius 1 is 0.852 bits per heavy atom. The first-order valence-electron chi connectivity index (χ1n) is 8.56. The zero-order chi connectivity index (χ0) is 19.8. The Kier molecular flexibility index (Phi) is 7.55. The van der Waals surface area contributed by atoms with Crippen LogP contribution in [0, 0.1) is 0 Å². The smallest absolute Gasteiger partial charge is 0.161 e. The number of carbonyl (C=O) groups excluding carboxylic acids is 1. The lowest BCUT2D eigenvalue weighted by molar-refractivity contribution is -0.103. The second kappa shape index (κ2) is 9.88. The van der Waals surface area contributed by atoms with Crippen molar-refractivity contribution < 1.29 is 23.7 Å². The molecule has 0 fully saturated rings. The molecule has 0 aliphatic rings. The molecule has 0 radical (unpaired) electrons. The summed E-state index contributed by atoms with van der Waals surface area (Å²) >= 11 is 6.56. The molecular formula is C21H23ClO5. The number of carbonyl (C=O) groups is 1. The Labute approximate surface area is 164 Å². The van der Waals surface area contributed by atoms with Gasteiger partial charge < -0.3 is 18.9 Å². The monoisotopic (exact) mass is 390 g/mol. The molecule has 0 spiro atoms. The third-order valence-electron chi connectivity index (χ3n) is 3.85. The zero-order valence-corrected chi connectivity index (χ0v) is 16.6. The molecule has 2 rings (SSSR count). The van der Waals surface area contributed by atoms with E-state index in [1.165, 1.54) is 7.11 Å². The topological polar surface area (TPSA) is 54.0 Å². The highest BCUT2D eigenvalue weighted by atomic mass is 35.5. The van der Waals surface area contributed by atoms with E-state index in [0.29, 0.717) is 57.9 Å². The van der Waals surface area contributed by atoms with Crippen molar-refractivity contribution in [3.63, 3.8) is 0 Å². The Balaban J connectivity index is 2.53. The van der Waals surface area contributed by atoms with Crippen molar-refractivity contribution in [3.05, 3.63) is 47.5 Å². The Bertz CT molecular complexity index is 829. The number of ether oxygens (including phenoxy) is 4. The minimum absolute atomic E-state index is 0.307. The quantitative estimate of drug-likeness (QED) is 0.349. The first kappa shape index (κ1) is 20.6. The number of hydrogen-bond donors (Lipinski definition) is 0. The maximum Gasteiger partial charge on any atom is 0.161 e. The van der Waals surface area contributed by atoms with Gasteiger partial charge in [-0.15, -0.1) is 0 Å². The van der Waals surface area contributed by atoms with E-state index in [2.05, 4.69) is 0 Å². The lowest BCUT2D eigenvalue weighted by atomic mass is 10.0. The van der Waals surface area contributed by atoms with E-state index < -0.39 is 0 Å². The predicted molar refractivity (Wildman–Crippen MR) is 107 cm³/mol. The fraction of sp³-hybridized carbons (Fsp3) is 0.286. The lowest BCUT2D eigenvalue weighted by Gasteiger charge is -2.14. The molecule has 2 aromatic rings. The van der Waals surface area contributed by atoms with Crippen LogP contribution in [-0.2, 0) is 4.79 Å². The molecule has 5 nitrogen and oxygen atoms in total. The van der Waals surface area contributed by atoms with Gasteiger partial charge in [0, 0.05) is 5.57 Å². The second-order valence-electron chi connectivity index (χ2n) is 5.44. The molecule has 144 valence electrons. The van der Waals surface area contributed by atoms with Crippen molar-refractivity contribution in [2.75, 3.05) is 27.4 Å². The summed E-state index contributed by atoms with van der Waals surface area (Å²) in [4.78, 5) is 11.8. The summed E-state index contributed by atoms with van der Waals surface area (Å²) in [6.45, 7) is 4.80. The van der Waals surface area contributed by atoms with Gasteiger partial charge in [-0.25, -0.2) is 0 Å². The second-order valence-corrected chi connectivity index (χ2v) is 5.82. The molecule has 0 aromatic heterocycles. The van der Waals surface area contributed by atoms with E-state index in [4.69, 9.17) is 30.5 Å². The summed E-state index contributed by atoms with van der Waals surface area (Å²) in [6, 6.07) is 10.5. The summed E-state index contributed by atoms with van der Waals surface area (Å²) in [7, 11) is 3.09. The maximum atomic E-state index is 11.8. The molecule has 0 atom stereocenters. The average molecular weight is 391 g/mol. The Morgan fingerprint density at radius 3 is 2.00 bits per heavy atom. The van der Waals surface area contributed by atoms with Crippen molar-refractivity contribution in [2.45, 2.75) is 13.8 Å². The SMILES string of the molecule is CCOc1ccc(C(Cl)=C(C=O)c2ccc(OC)c(OC)c2)cc1OCC. The average Bonchev–Trinajstić information content (AvgIpc) is 2.69. The van der Waals surface area contributed by atoms with Crippen LogP contribution >= 0.6 is 11.6 Å². The molecule has 6 heteroatoms. The Morgan fingerprint density at radius 2 is 1.41 bits per heavy atom. The molecule has 0 saturated carbocycles. The number of halogens is 1. The van der Waals surface area contributed by atoms with E-state index in [0.717, 1.165) is 6.29 Å². The molecule has 0 N–H and O–H groups in total. The minimum atomic E-state index is 0.307. The number of aldehydes is 1. The van der Waals surface area contributed by atoms with Gasteiger partial charge in [0.1, 0.15) is 0 Å². The summed E-state index contributed by atoms with van der Waals surface area (Å²) < 4.78 is 21.7. The molecule has 27 heavy (non-hydrogen) atoms. The maximum absolute atomic E-state index is 11.8. The highest BCUT2D eigenvalue weighted by molar-refractivity contribution is 6.55. The van der Waals surface area contributed by atoms with Gasteiger partial charge in [-0.1, -0.05) is 17.7 Å². The number of hydrogen-bond acceptors (Lipinski definition) is 5. The molecule has 0 aliphatic heterocycles. The summed E-state index contributed by atoms with van der Waals surface area (Å²) in [5.74, 6) is 2.29. The number of methoxy groups -OCH3 is 2. The fourth-order valence-corrected chi connectivity index (χ4v) is 2.86. The van der Waals surface area contributed by atoms with Gasteiger partial charge >= 0.3 is 0 Å². The largest absolute Gasteiger partial charge is 0.493 e. The van der Waals surface area contributed by atoms with Crippen molar-refractivity contribution >= 4 is 28.5 Å². The van der Waals surface area contributed by atoms with Crippen LogP contribution in [0.15, 0.2) is 36.4 Å². The van der Waals surface area contributed by atoms with Crippen LogP contribution < -0.4 is 18.9 Å². The Hall–Kier alpha value is -2.66. The van der Waals surface area contributed by atoms with Crippen LogP contribution in [0.5, 0.6) is 23.0 Å². The lowest BCUT2D eigenvalue weighted by Crippen LogP contribution is -1.99. The number of benzene rings is 2. The standard InChI is InChI=1S/C21H23ClO5/c1-5-26-18-10-8-15(12-20(18)27-6-2)21(22)16(13-23)14-7-9-17(24-3)19(11-14)25-4/h7-13H,5-6H2,1-4H3. The molecule has 0 amide bonds. The third-order valence-corrected chi connectivity index (χ3v) is 4.27. The normalized spacial score (nSPS) is 11.4. The summed E-state index contributed by atoms with van der Waals surface area (Å²) in [6.07, 6.45) is 0.723. The first-order valence-corrected chi connectivity index (χ1v) is 8.94. The molecule has 0 bridgehead atoms. The van der Waals surface area contributed by atoms with E-state index in [1.807, 2.05) is 13.8 Å². The molecule has 0 saturated heterocycles. The molecule has 0 unspecified atom stereocenters. The van der Waals surface area contributed by atoms with Gasteiger partial charge in [0.25, 0.3) is 0 Å². The molecule has 0 heterocycles. The van der Waals surface area contributed by atoms with E-state index in [-0.39, 0.29) is 0 Å². The van der Waals surface area contributed by atoms with Gasteiger partial charge in [0.2, 0.25) is 0 Å².